The minimum atomic E-state index is 0.375. The van der Waals surface area contributed by atoms with Crippen LogP contribution in [-0.4, -0.2) is 30.6 Å². The molecule has 2 atom stereocenters. The molecule has 0 spiro atoms. The van der Waals surface area contributed by atoms with Gasteiger partial charge in [0.05, 0.1) is 0 Å². The largest absolute Gasteiger partial charge is 0.328 e. The Balaban J connectivity index is 2.20. The molecule has 0 bridgehead atoms. The fourth-order valence-electron chi connectivity index (χ4n) is 1.96. The van der Waals surface area contributed by atoms with Gasteiger partial charge < -0.3 is 10.6 Å². The van der Waals surface area contributed by atoms with Crippen molar-refractivity contribution < 1.29 is 0 Å². The van der Waals surface area contributed by atoms with Crippen LogP contribution in [0.5, 0.6) is 0 Å². The summed E-state index contributed by atoms with van der Waals surface area (Å²) < 4.78 is 0. The van der Waals surface area contributed by atoms with Gasteiger partial charge in [-0.1, -0.05) is 6.42 Å². The molecule has 2 N–H and O–H groups in total. The van der Waals surface area contributed by atoms with Gasteiger partial charge in [0.15, 0.2) is 0 Å². The molecule has 0 aromatic heterocycles. The summed E-state index contributed by atoms with van der Waals surface area (Å²) in [5.41, 5.74) is 5.74. The van der Waals surface area contributed by atoms with Crippen molar-refractivity contribution in [3.63, 3.8) is 0 Å². The highest BCUT2D eigenvalue weighted by Gasteiger charge is 2.18. The van der Waals surface area contributed by atoms with E-state index in [2.05, 4.69) is 18.9 Å². The van der Waals surface area contributed by atoms with Crippen LogP contribution in [0.3, 0.4) is 0 Å². The van der Waals surface area contributed by atoms with Crippen LogP contribution in [0.4, 0.5) is 0 Å². The van der Waals surface area contributed by atoms with Gasteiger partial charge in [-0.2, -0.15) is 0 Å². The maximum atomic E-state index is 5.74. The van der Waals surface area contributed by atoms with Crippen LogP contribution >= 0.6 is 0 Å². The van der Waals surface area contributed by atoms with Gasteiger partial charge in [-0.3, -0.25) is 0 Å². The smallest absolute Gasteiger partial charge is 0.00927 e. The van der Waals surface area contributed by atoms with Gasteiger partial charge in [-0.25, -0.2) is 0 Å². The molecule has 1 rings (SSSR count). The van der Waals surface area contributed by atoms with Crippen molar-refractivity contribution in [2.75, 3.05) is 13.6 Å². The molecular weight excluding hydrogens is 148 g/mol. The van der Waals surface area contributed by atoms with Crippen LogP contribution in [0.15, 0.2) is 0 Å². The summed E-state index contributed by atoms with van der Waals surface area (Å²) in [5.74, 6) is 0. The Labute approximate surface area is 76.1 Å². The number of rotatable bonds is 3. The number of nitrogens with two attached hydrogens (primary N) is 1. The Hall–Kier alpha value is -0.0800. The van der Waals surface area contributed by atoms with Crippen LogP contribution in [0.2, 0.25) is 0 Å². The molecule has 1 unspecified atom stereocenters. The lowest BCUT2D eigenvalue weighted by atomic mass is 9.97. The quantitative estimate of drug-likeness (QED) is 0.697. The molecule has 1 heterocycles. The molecule has 12 heavy (non-hydrogen) atoms. The summed E-state index contributed by atoms with van der Waals surface area (Å²) >= 11 is 0. The van der Waals surface area contributed by atoms with Gasteiger partial charge in [0.25, 0.3) is 0 Å². The first-order valence-electron chi connectivity index (χ1n) is 5.16. The van der Waals surface area contributed by atoms with Gasteiger partial charge in [0.2, 0.25) is 0 Å². The van der Waals surface area contributed by atoms with Crippen molar-refractivity contribution in [2.24, 2.45) is 5.73 Å². The lowest BCUT2D eigenvalue weighted by Gasteiger charge is -2.32. The zero-order valence-electron chi connectivity index (χ0n) is 8.42. The average Bonchev–Trinajstić information content (AvgIpc) is 2.03. The first-order valence-corrected chi connectivity index (χ1v) is 5.16. The van der Waals surface area contributed by atoms with Crippen LogP contribution in [0.1, 0.15) is 39.0 Å². The number of piperidine rings is 1. The third-order valence-electron chi connectivity index (χ3n) is 2.88. The van der Waals surface area contributed by atoms with E-state index in [-0.39, 0.29) is 0 Å². The number of nitrogens with zero attached hydrogens (tertiary/aromatic N) is 1. The third-order valence-corrected chi connectivity index (χ3v) is 2.88. The minimum absolute atomic E-state index is 0.375. The van der Waals surface area contributed by atoms with Crippen LogP contribution in [0.25, 0.3) is 0 Å². The molecule has 1 fully saturated rings. The van der Waals surface area contributed by atoms with E-state index in [1.807, 2.05) is 0 Å². The van der Waals surface area contributed by atoms with E-state index in [1.54, 1.807) is 0 Å². The third kappa shape index (κ3) is 3.11. The lowest BCUT2D eigenvalue weighted by Crippen LogP contribution is -2.37. The summed E-state index contributed by atoms with van der Waals surface area (Å²) in [5, 5.41) is 0. The molecule has 1 saturated heterocycles. The highest BCUT2D eigenvalue weighted by molar-refractivity contribution is 4.75. The van der Waals surface area contributed by atoms with E-state index >= 15 is 0 Å². The molecule has 0 aromatic carbocycles. The van der Waals surface area contributed by atoms with Crippen molar-refractivity contribution in [3.05, 3.63) is 0 Å². The molecule has 2 nitrogen and oxygen atoms in total. The molecule has 0 amide bonds. The zero-order chi connectivity index (χ0) is 8.97. The standard InChI is InChI=1S/C10H22N2/c1-9(11)6-7-10-5-3-4-8-12(10)2/h9-10H,3-8,11H2,1-2H3/t9-,10?/m0/s1. The number of hydrogen-bond acceptors (Lipinski definition) is 2. The maximum Gasteiger partial charge on any atom is 0.00927 e. The summed E-state index contributed by atoms with van der Waals surface area (Å²) in [4.78, 5) is 2.49. The van der Waals surface area contributed by atoms with Crippen molar-refractivity contribution >= 4 is 0 Å². The van der Waals surface area contributed by atoms with E-state index < -0.39 is 0 Å². The van der Waals surface area contributed by atoms with E-state index in [1.165, 1.54) is 38.6 Å². The molecule has 1 aliphatic heterocycles. The topological polar surface area (TPSA) is 29.3 Å². The van der Waals surface area contributed by atoms with Crippen molar-refractivity contribution in [1.29, 1.82) is 0 Å². The first-order chi connectivity index (χ1) is 5.70. The second kappa shape index (κ2) is 4.83. The van der Waals surface area contributed by atoms with E-state index in [9.17, 15) is 0 Å². The number of hydrogen-bond donors (Lipinski definition) is 1. The van der Waals surface area contributed by atoms with E-state index in [0.29, 0.717) is 6.04 Å². The predicted octanol–water partition coefficient (Wildman–Crippen LogP) is 1.60. The minimum Gasteiger partial charge on any atom is -0.328 e. The molecule has 0 aromatic rings. The molecule has 72 valence electrons. The van der Waals surface area contributed by atoms with Gasteiger partial charge in [-0.05, 0) is 46.2 Å². The summed E-state index contributed by atoms with van der Waals surface area (Å²) in [6.07, 6.45) is 6.63. The highest BCUT2D eigenvalue weighted by atomic mass is 15.1. The summed E-state index contributed by atoms with van der Waals surface area (Å²) in [7, 11) is 2.24. The Bertz CT molecular complexity index is 123. The van der Waals surface area contributed by atoms with E-state index in [0.717, 1.165) is 6.04 Å². The molecule has 1 aliphatic rings. The lowest BCUT2D eigenvalue weighted by molar-refractivity contribution is 0.172. The summed E-state index contributed by atoms with van der Waals surface area (Å²) in [6, 6.07) is 1.19. The van der Waals surface area contributed by atoms with E-state index in [4.69, 9.17) is 5.73 Å². The highest BCUT2D eigenvalue weighted by Crippen LogP contribution is 2.19. The SMILES string of the molecule is C[C@H](N)CCC1CCCCN1C. The molecule has 2 heteroatoms. The van der Waals surface area contributed by atoms with Gasteiger partial charge in [0.1, 0.15) is 0 Å². The van der Waals surface area contributed by atoms with Crippen molar-refractivity contribution in [1.82, 2.24) is 4.90 Å². The maximum absolute atomic E-state index is 5.74. The average molecular weight is 170 g/mol. The fraction of sp³-hybridized carbons (Fsp3) is 1.00. The molecular formula is C10H22N2. The predicted molar refractivity (Wildman–Crippen MR) is 53.2 cm³/mol. The Morgan fingerprint density at radius 2 is 2.25 bits per heavy atom. The molecule has 0 aliphatic carbocycles. The van der Waals surface area contributed by atoms with Crippen LogP contribution in [-0.2, 0) is 0 Å². The molecule has 0 saturated carbocycles. The normalized spacial score (nSPS) is 28.8. The van der Waals surface area contributed by atoms with Crippen LogP contribution in [0, 0.1) is 0 Å². The zero-order valence-corrected chi connectivity index (χ0v) is 8.42. The van der Waals surface area contributed by atoms with Gasteiger partial charge in [-0.15, -0.1) is 0 Å². The van der Waals surface area contributed by atoms with Crippen molar-refractivity contribution in [3.8, 4) is 0 Å². The Morgan fingerprint density at radius 3 is 2.83 bits per heavy atom. The van der Waals surface area contributed by atoms with Gasteiger partial charge in [0, 0.05) is 12.1 Å². The second-order valence-electron chi connectivity index (χ2n) is 4.18. The fourth-order valence-corrected chi connectivity index (χ4v) is 1.96. The number of likely N-dealkylation sites (tertiary alicyclic amines) is 1. The van der Waals surface area contributed by atoms with Crippen LogP contribution < -0.4 is 5.73 Å². The Morgan fingerprint density at radius 1 is 1.50 bits per heavy atom. The second-order valence-corrected chi connectivity index (χ2v) is 4.18. The first kappa shape index (κ1) is 10.0. The Kier molecular flexibility index (Phi) is 4.02. The monoisotopic (exact) mass is 170 g/mol. The van der Waals surface area contributed by atoms with Crippen molar-refractivity contribution in [2.45, 2.75) is 51.1 Å². The summed E-state index contributed by atoms with van der Waals surface area (Å²) in [6.45, 7) is 3.38. The van der Waals surface area contributed by atoms with Gasteiger partial charge >= 0.3 is 0 Å². The molecule has 0 radical (unpaired) electrons.